The Bertz CT molecular complexity index is 90.6. The molecule has 54 valence electrons. The van der Waals surface area contributed by atoms with Gasteiger partial charge >= 0.3 is 0 Å². The van der Waals surface area contributed by atoms with Crippen molar-refractivity contribution in [3.8, 4) is 0 Å². The molecule has 0 spiro atoms. The van der Waals surface area contributed by atoms with E-state index < -0.39 is 0 Å². The maximum absolute atomic E-state index is 5.98. The Morgan fingerprint density at radius 1 is 1.44 bits per heavy atom. The van der Waals surface area contributed by atoms with Crippen molar-refractivity contribution in [3.63, 3.8) is 0 Å². The third kappa shape index (κ3) is 1.61. The molecule has 0 aromatic heterocycles. The average Bonchev–Trinajstić information content (AvgIpc) is 2.10. The smallest absolute Gasteiger partial charge is 0.0341 e. The van der Waals surface area contributed by atoms with Crippen LogP contribution in [0.25, 0.3) is 0 Å². The van der Waals surface area contributed by atoms with Crippen LogP contribution in [0.2, 0.25) is 0 Å². The highest BCUT2D eigenvalue weighted by Crippen LogP contribution is 2.36. The summed E-state index contributed by atoms with van der Waals surface area (Å²) in [6.07, 6.45) is 3.80. The van der Waals surface area contributed by atoms with Crippen LogP contribution < -0.4 is 0 Å². The Morgan fingerprint density at radius 2 is 2.11 bits per heavy atom. The molecule has 0 aromatic rings. The molecule has 1 fully saturated rings. The fraction of sp³-hybridized carbons (Fsp3) is 1.00. The minimum Gasteiger partial charge on any atom is -0.123 e. The molecule has 0 radical (unpaired) electrons. The van der Waals surface area contributed by atoms with Gasteiger partial charge < -0.3 is 0 Å². The van der Waals surface area contributed by atoms with Crippen LogP contribution in [-0.2, 0) is 0 Å². The second-order valence-corrected chi connectivity index (χ2v) is 3.83. The van der Waals surface area contributed by atoms with E-state index in [1.807, 2.05) is 0 Å². The lowest BCUT2D eigenvalue weighted by molar-refractivity contribution is 0.407. The summed E-state index contributed by atoms with van der Waals surface area (Å²) in [5, 5.41) is 0.477. The number of alkyl halides is 1. The predicted octanol–water partition coefficient (Wildman–Crippen LogP) is 3.05. The molecule has 1 rings (SSSR count). The normalized spacial score (nSPS) is 43.7. The first-order chi connectivity index (χ1) is 4.24. The number of hydrogen-bond donors (Lipinski definition) is 0. The van der Waals surface area contributed by atoms with E-state index in [0.29, 0.717) is 5.38 Å². The van der Waals surface area contributed by atoms with Gasteiger partial charge in [-0.25, -0.2) is 0 Å². The van der Waals surface area contributed by atoms with Crippen molar-refractivity contribution in [1.82, 2.24) is 0 Å². The van der Waals surface area contributed by atoms with Crippen molar-refractivity contribution in [3.05, 3.63) is 0 Å². The highest BCUT2D eigenvalue weighted by molar-refractivity contribution is 6.20. The molecule has 1 aliphatic rings. The number of rotatable bonds is 1. The average molecular weight is 147 g/mol. The van der Waals surface area contributed by atoms with E-state index >= 15 is 0 Å². The molecule has 0 heterocycles. The molecule has 0 aromatic carbocycles. The molecule has 3 atom stereocenters. The molecular weight excluding hydrogens is 132 g/mol. The Kier molecular flexibility index (Phi) is 2.40. The fourth-order valence-electron chi connectivity index (χ4n) is 1.82. The maximum atomic E-state index is 5.98. The molecule has 1 aliphatic carbocycles. The Hall–Kier alpha value is 0.290. The molecule has 0 saturated heterocycles. The summed E-state index contributed by atoms with van der Waals surface area (Å²) < 4.78 is 0. The topological polar surface area (TPSA) is 0 Å². The second-order valence-electron chi connectivity index (χ2n) is 3.21. The zero-order chi connectivity index (χ0) is 6.85. The first-order valence-corrected chi connectivity index (χ1v) is 4.31. The lowest BCUT2D eigenvalue weighted by Crippen LogP contribution is -2.00. The van der Waals surface area contributed by atoms with Gasteiger partial charge in [0.1, 0.15) is 0 Å². The van der Waals surface area contributed by atoms with Crippen molar-refractivity contribution in [1.29, 1.82) is 0 Å². The quantitative estimate of drug-likeness (QED) is 0.499. The molecule has 0 aliphatic heterocycles. The summed E-state index contributed by atoms with van der Waals surface area (Å²) in [6, 6.07) is 0. The third-order valence-corrected chi connectivity index (χ3v) is 2.87. The first kappa shape index (κ1) is 7.40. The minimum absolute atomic E-state index is 0.477. The largest absolute Gasteiger partial charge is 0.123 e. The van der Waals surface area contributed by atoms with E-state index in [2.05, 4.69) is 13.8 Å². The second kappa shape index (κ2) is 2.92. The summed E-state index contributed by atoms with van der Waals surface area (Å²) in [5.41, 5.74) is 0. The van der Waals surface area contributed by atoms with E-state index in [9.17, 15) is 0 Å². The maximum Gasteiger partial charge on any atom is 0.0341 e. The van der Waals surface area contributed by atoms with Crippen LogP contribution in [0.1, 0.15) is 33.1 Å². The van der Waals surface area contributed by atoms with Gasteiger partial charge in [-0.15, -0.1) is 11.6 Å². The van der Waals surface area contributed by atoms with Crippen LogP contribution in [0.15, 0.2) is 0 Å². The van der Waals surface area contributed by atoms with Crippen LogP contribution in [0, 0.1) is 11.8 Å². The zero-order valence-corrected chi connectivity index (χ0v) is 6.99. The van der Waals surface area contributed by atoms with Crippen LogP contribution in [0.3, 0.4) is 0 Å². The van der Waals surface area contributed by atoms with Gasteiger partial charge in [-0.3, -0.25) is 0 Å². The lowest BCUT2D eigenvalue weighted by Gasteiger charge is -2.10. The van der Waals surface area contributed by atoms with Crippen LogP contribution in [0.5, 0.6) is 0 Å². The predicted molar refractivity (Wildman–Crippen MR) is 41.8 cm³/mol. The molecule has 3 unspecified atom stereocenters. The molecule has 0 amide bonds. The molecule has 0 bridgehead atoms. The Balaban J connectivity index is 2.38. The molecule has 1 saturated carbocycles. The summed E-state index contributed by atoms with van der Waals surface area (Å²) in [7, 11) is 0. The number of hydrogen-bond acceptors (Lipinski definition) is 0. The van der Waals surface area contributed by atoms with Gasteiger partial charge in [0.2, 0.25) is 0 Å². The van der Waals surface area contributed by atoms with E-state index in [4.69, 9.17) is 11.6 Å². The minimum atomic E-state index is 0.477. The van der Waals surface area contributed by atoms with Crippen LogP contribution in [-0.4, -0.2) is 5.38 Å². The first-order valence-electron chi connectivity index (χ1n) is 3.88. The van der Waals surface area contributed by atoms with Gasteiger partial charge in [-0.05, 0) is 24.7 Å². The summed E-state index contributed by atoms with van der Waals surface area (Å²) >= 11 is 5.98. The van der Waals surface area contributed by atoms with Gasteiger partial charge in [-0.1, -0.05) is 20.3 Å². The standard InChI is InChI=1S/C8H15Cl/c1-3-7-5-8(9)4-6(7)2/h6-8H,3-5H2,1-2H3. The summed E-state index contributed by atoms with van der Waals surface area (Å²) in [6.45, 7) is 4.58. The monoisotopic (exact) mass is 146 g/mol. The van der Waals surface area contributed by atoms with E-state index in [-0.39, 0.29) is 0 Å². The Labute approximate surface area is 62.6 Å². The summed E-state index contributed by atoms with van der Waals surface area (Å²) in [5.74, 6) is 1.78. The van der Waals surface area contributed by atoms with Crippen molar-refractivity contribution in [2.45, 2.75) is 38.5 Å². The van der Waals surface area contributed by atoms with Gasteiger partial charge in [0, 0.05) is 5.38 Å². The third-order valence-electron chi connectivity index (χ3n) is 2.52. The highest BCUT2D eigenvalue weighted by Gasteiger charge is 2.27. The molecule has 0 N–H and O–H groups in total. The molecular formula is C8H15Cl. The van der Waals surface area contributed by atoms with Gasteiger partial charge in [0.05, 0.1) is 0 Å². The number of halogens is 1. The molecule has 0 nitrogen and oxygen atoms in total. The molecule has 9 heavy (non-hydrogen) atoms. The summed E-state index contributed by atoms with van der Waals surface area (Å²) in [4.78, 5) is 0. The van der Waals surface area contributed by atoms with Gasteiger partial charge in [0.25, 0.3) is 0 Å². The van der Waals surface area contributed by atoms with E-state index in [1.165, 1.54) is 19.3 Å². The van der Waals surface area contributed by atoms with Gasteiger partial charge in [-0.2, -0.15) is 0 Å². The fourth-order valence-corrected chi connectivity index (χ4v) is 2.33. The SMILES string of the molecule is CCC1CC(Cl)CC1C. The van der Waals surface area contributed by atoms with Crippen molar-refractivity contribution in [2.24, 2.45) is 11.8 Å². The zero-order valence-electron chi connectivity index (χ0n) is 6.23. The van der Waals surface area contributed by atoms with Crippen molar-refractivity contribution < 1.29 is 0 Å². The van der Waals surface area contributed by atoms with Gasteiger partial charge in [0.15, 0.2) is 0 Å². The lowest BCUT2D eigenvalue weighted by atomic mass is 9.96. The van der Waals surface area contributed by atoms with Crippen molar-refractivity contribution >= 4 is 11.6 Å². The van der Waals surface area contributed by atoms with E-state index in [1.54, 1.807) is 0 Å². The van der Waals surface area contributed by atoms with E-state index in [0.717, 1.165) is 11.8 Å². The van der Waals surface area contributed by atoms with Crippen molar-refractivity contribution in [2.75, 3.05) is 0 Å². The highest BCUT2D eigenvalue weighted by atomic mass is 35.5. The molecule has 1 heteroatoms. The van der Waals surface area contributed by atoms with Crippen LogP contribution >= 0.6 is 11.6 Å². The van der Waals surface area contributed by atoms with Crippen LogP contribution in [0.4, 0.5) is 0 Å². The Morgan fingerprint density at radius 3 is 2.33 bits per heavy atom.